The van der Waals surface area contributed by atoms with E-state index in [9.17, 15) is 8.42 Å². The summed E-state index contributed by atoms with van der Waals surface area (Å²) in [5.74, 6) is 0.299. The summed E-state index contributed by atoms with van der Waals surface area (Å²) in [7, 11) is -2.97. The molecule has 0 aromatic rings. The fraction of sp³-hybridized carbons (Fsp3) is 1.00. The summed E-state index contributed by atoms with van der Waals surface area (Å²) in [5.41, 5.74) is 5.55. The minimum atomic E-state index is -2.97. The maximum Gasteiger partial charge on any atom is 0.214 e. The molecule has 1 atom stereocenters. The first-order valence-electron chi connectivity index (χ1n) is 4.81. The van der Waals surface area contributed by atoms with E-state index in [0.29, 0.717) is 18.8 Å². The van der Waals surface area contributed by atoms with Crippen LogP contribution in [0.1, 0.15) is 26.2 Å². The third kappa shape index (κ3) is 2.42. The van der Waals surface area contributed by atoms with Crippen molar-refractivity contribution in [1.29, 1.82) is 0 Å². The maximum absolute atomic E-state index is 11.5. The molecular weight excluding hydrogens is 188 g/mol. The van der Waals surface area contributed by atoms with Crippen molar-refractivity contribution >= 4 is 10.0 Å². The lowest BCUT2D eigenvalue weighted by Gasteiger charge is -2.24. The van der Waals surface area contributed by atoms with Crippen LogP contribution in [0.15, 0.2) is 0 Å². The van der Waals surface area contributed by atoms with Gasteiger partial charge in [0.25, 0.3) is 0 Å². The lowest BCUT2D eigenvalue weighted by atomic mass is 10.1. The van der Waals surface area contributed by atoms with Gasteiger partial charge in [0.15, 0.2) is 0 Å². The predicted molar refractivity (Wildman–Crippen MR) is 52.9 cm³/mol. The molecule has 1 fully saturated rings. The number of hydrogen-bond acceptors (Lipinski definition) is 3. The first kappa shape index (κ1) is 10.9. The number of nitrogens with two attached hydrogens (primary N) is 1. The van der Waals surface area contributed by atoms with Gasteiger partial charge in [-0.15, -0.1) is 0 Å². The van der Waals surface area contributed by atoms with Gasteiger partial charge in [0.2, 0.25) is 10.0 Å². The highest BCUT2D eigenvalue weighted by Crippen LogP contribution is 2.19. The van der Waals surface area contributed by atoms with Crippen LogP contribution in [0.5, 0.6) is 0 Å². The van der Waals surface area contributed by atoms with Gasteiger partial charge in [-0.05, 0) is 12.8 Å². The molecule has 0 aliphatic carbocycles. The molecule has 0 amide bonds. The van der Waals surface area contributed by atoms with E-state index in [-0.39, 0.29) is 6.04 Å². The zero-order chi connectivity index (χ0) is 9.90. The second kappa shape index (κ2) is 4.39. The van der Waals surface area contributed by atoms with Gasteiger partial charge in [-0.1, -0.05) is 13.3 Å². The molecule has 1 rings (SSSR count). The molecule has 78 valence electrons. The maximum atomic E-state index is 11.5. The summed E-state index contributed by atoms with van der Waals surface area (Å²) in [4.78, 5) is 0. The van der Waals surface area contributed by atoms with Crippen LogP contribution in [0.3, 0.4) is 0 Å². The molecule has 2 N–H and O–H groups in total. The van der Waals surface area contributed by atoms with Gasteiger partial charge in [0.05, 0.1) is 5.75 Å². The van der Waals surface area contributed by atoms with Crippen molar-refractivity contribution in [2.45, 2.75) is 32.2 Å². The predicted octanol–water partition coefficient (Wildman–Crippen LogP) is 0.149. The Hall–Kier alpha value is -0.130. The van der Waals surface area contributed by atoms with Crippen molar-refractivity contribution in [1.82, 2.24) is 4.31 Å². The number of rotatable bonds is 4. The van der Waals surface area contributed by atoms with Crippen LogP contribution < -0.4 is 5.73 Å². The van der Waals surface area contributed by atoms with Gasteiger partial charge in [-0.3, -0.25) is 0 Å². The fourth-order valence-electron chi connectivity index (χ4n) is 1.78. The smallest absolute Gasteiger partial charge is 0.214 e. The number of sulfonamides is 1. The van der Waals surface area contributed by atoms with Crippen LogP contribution in [-0.2, 0) is 10.0 Å². The summed E-state index contributed by atoms with van der Waals surface area (Å²) in [6.45, 7) is 3.14. The molecule has 1 aliphatic heterocycles. The average Bonchev–Trinajstić information content (AvgIpc) is 2.41. The van der Waals surface area contributed by atoms with Gasteiger partial charge in [0, 0.05) is 19.1 Å². The molecule has 13 heavy (non-hydrogen) atoms. The molecule has 0 aromatic carbocycles. The average molecular weight is 206 g/mol. The third-order valence-corrected chi connectivity index (χ3v) is 4.44. The molecule has 1 saturated heterocycles. The molecule has 1 unspecified atom stereocenters. The Bertz CT molecular complexity index is 251. The molecule has 1 heterocycles. The second-order valence-electron chi connectivity index (χ2n) is 3.46. The van der Waals surface area contributed by atoms with E-state index in [1.165, 1.54) is 0 Å². The van der Waals surface area contributed by atoms with Gasteiger partial charge in [0.1, 0.15) is 0 Å². The minimum absolute atomic E-state index is 0.0255. The number of nitrogens with zero attached hydrogens (tertiary/aromatic N) is 1. The highest BCUT2D eigenvalue weighted by Gasteiger charge is 2.32. The first-order valence-corrected chi connectivity index (χ1v) is 6.42. The second-order valence-corrected chi connectivity index (χ2v) is 5.50. The highest BCUT2D eigenvalue weighted by atomic mass is 32.2. The van der Waals surface area contributed by atoms with E-state index in [2.05, 4.69) is 0 Å². The molecule has 1 aliphatic rings. The van der Waals surface area contributed by atoms with E-state index < -0.39 is 10.0 Å². The Morgan fingerprint density at radius 3 is 2.62 bits per heavy atom. The standard InChI is InChI=1S/C8H18N2O2S/c1-2-4-8(7-9)10-5-3-6-13(10,11)12/h8H,2-7,9H2,1H3. The molecule has 0 saturated carbocycles. The zero-order valence-corrected chi connectivity index (χ0v) is 8.89. The van der Waals surface area contributed by atoms with Gasteiger partial charge < -0.3 is 5.73 Å². The topological polar surface area (TPSA) is 63.4 Å². The third-order valence-electron chi connectivity index (χ3n) is 2.44. The van der Waals surface area contributed by atoms with Crippen molar-refractivity contribution in [2.24, 2.45) is 5.73 Å². The van der Waals surface area contributed by atoms with E-state index >= 15 is 0 Å². The summed E-state index contributed by atoms with van der Waals surface area (Å²) in [6.07, 6.45) is 2.60. The van der Waals surface area contributed by atoms with Crippen LogP contribution in [0.4, 0.5) is 0 Å². The lowest BCUT2D eigenvalue weighted by Crippen LogP contribution is -2.41. The molecule has 4 nitrogen and oxygen atoms in total. The zero-order valence-electron chi connectivity index (χ0n) is 8.07. The van der Waals surface area contributed by atoms with Gasteiger partial charge >= 0.3 is 0 Å². The van der Waals surface area contributed by atoms with Crippen molar-refractivity contribution in [2.75, 3.05) is 18.8 Å². The van der Waals surface area contributed by atoms with Crippen LogP contribution in [0.2, 0.25) is 0 Å². The molecule has 0 bridgehead atoms. The van der Waals surface area contributed by atoms with Crippen LogP contribution >= 0.6 is 0 Å². The Labute approximate surface area is 80.1 Å². The largest absolute Gasteiger partial charge is 0.329 e. The summed E-state index contributed by atoms with van der Waals surface area (Å²) in [6, 6.07) is 0.0255. The van der Waals surface area contributed by atoms with E-state index in [1.807, 2.05) is 6.92 Å². The Balaban J connectivity index is 2.68. The summed E-state index contributed by atoms with van der Waals surface area (Å²) >= 11 is 0. The molecular formula is C8H18N2O2S. The molecule has 0 aromatic heterocycles. The monoisotopic (exact) mass is 206 g/mol. The van der Waals surface area contributed by atoms with Crippen LogP contribution in [0, 0.1) is 0 Å². The summed E-state index contributed by atoms with van der Waals surface area (Å²) < 4.78 is 24.6. The normalized spacial score (nSPS) is 24.8. The molecule has 0 radical (unpaired) electrons. The van der Waals surface area contributed by atoms with Crippen molar-refractivity contribution in [3.8, 4) is 0 Å². The SMILES string of the molecule is CCCC(CN)N1CCCS1(=O)=O. The van der Waals surface area contributed by atoms with Gasteiger partial charge in [-0.2, -0.15) is 4.31 Å². The van der Waals surface area contributed by atoms with Crippen LogP contribution in [0.25, 0.3) is 0 Å². The van der Waals surface area contributed by atoms with Crippen molar-refractivity contribution in [3.05, 3.63) is 0 Å². The summed E-state index contributed by atoms with van der Waals surface area (Å²) in [5, 5.41) is 0. The van der Waals surface area contributed by atoms with E-state index in [0.717, 1.165) is 19.3 Å². The first-order chi connectivity index (χ1) is 6.11. The number of hydrogen-bond donors (Lipinski definition) is 1. The Morgan fingerprint density at radius 2 is 2.23 bits per heavy atom. The lowest BCUT2D eigenvalue weighted by molar-refractivity contribution is 0.327. The van der Waals surface area contributed by atoms with E-state index in [4.69, 9.17) is 5.73 Å². The quantitative estimate of drug-likeness (QED) is 0.712. The highest BCUT2D eigenvalue weighted by molar-refractivity contribution is 7.89. The van der Waals surface area contributed by atoms with Crippen molar-refractivity contribution in [3.63, 3.8) is 0 Å². The Morgan fingerprint density at radius 1 is 1.54 bits per heavy atom. The van der Waals surface area contributed by atoms with Crippen LogP contribution in [-0.4, -0.2) is 37.6 Å². The Kier molecular flexibility index (Phi) is 3.70. The minimum Gasteiger partial charge on any atom is -0.329 e. The van der Waals surface area contributed by atoms with E-state index in [1.54, 1.807) is 4.31 Å². The molecule has 5 heteroatoms. The van der Waals surface area contributed by atoms with Gasteiger partial charge in [-0.25, -0.2) is 8.42 Å². The fourth-order valence-corrected chi connectivity index (χ4v) is 3.56. The van der Waals surface area contributed by atoms with Crippen molar-refractivity contribution < 1.29 is 8.42 Å². The molecule has 0 spiro atoms.